The lowest BCUT2D eigenvalue weighted by Crippen LogP contribution is -2.10. The van der Waals surface area contributed by atoms with Gasteiger partial charge in [0.15, 0.2) is 5.83 Å². The first-order valence-electron chi connectivity index (χ1n) is 9.34. The van der Waals surface area contributed by atoms with Gasteiger partial charge in [-0.1, -0.05) is 90.4 Å². The minimum atomic E-state index is -0.953. The second kappa shape index (κ2) is 16.5. The lowest BCUT2D eigenvalue weighted by atomic mass is 10.0. The zero-order valence-corrected chi connectivity index (χ0v) is 14.5. The highest BCUT2D eigenvalue weighted by molar-refractivity contribution is 5.89. The Bertz CT molecular complexity index is 289. The Balaban J connectivity index is 3.12. The molecule has 0 bridgehead atoms. The van der Waals surface area contributed by atoms with E-state index in [0.29, 0.717) is 6.42 Å². The summed E-state index contributed by atoms with van der Waals surface area (Å²) in [6.45, 7) is 2.26. The summed E-state index contributed by atoms with van der Waals surface area (Å²) >= 11 is 0. The molecule has 0 aliphatic carbocycles. The molecule has 130 valence electrons. The third kappa shape index (κ3) is 15.5. The lowest BCUT2D eigenvalue weighted by molar-refractivity contribution is -0.115. The highest BCUT2D eigenvalue weighted by Crippen LogP contribution is 2.13. The van der Waals surface area contributed by atoms with Crippen molar-refractivity contribution in [3.8, 4) is 0 Å². The number of hydrogen-bond donors (Lipinski definition) is 1. The number of carbonyl (C=O) groups excluding carboxylic acids is 1. The third-order valence-corrected chi connectivity index (χ3v) is 4.12. The maximum Gasteiger partial charge on any atom is 0.277 e. The van der Waals surface area contributed by atoms with Crippen LogP contribution in [-0.2, 0) is 4.79 Å². The topological polar surface area (TPSA) is 43.1 Å². The van der Waals surface area contributed by atoms with Crippen molar-refractivity contribution in [2.75, 3.05) is 0 Å². The van der Waals surface area contributed by atoms with Crippen molar-refractivity contribution in [3.05, 3.63) is 11.9 Å². The molecule has 0 aromatic carbocycles. The minimum absolute atomic E-state index is 0.618. The van der Waals surface area contributed by atoms with Crippen molar-refractivity contribution in [3.63, 3.8) is 0 Å². The quantitative estimate of drug-likeness (QED) is 0.268. The predicted molar refractivity (Wildman–Crippen MR) is 93.3 cm³/mol. The van der Waals surface area contributed by atoms with Gasteiger partial charge in [-0.3, -0.25) is 4.79 Å². The van der Waals surface area contributed by atoms with Crippen LogP contribution < -0.4 is 5.73 Å². The van der Waals surface area contributed by atoms with Gasteiger partial charge in [-0.2, -0.15) is 0 Å². The van der Waals surface area contributed by atoms with Crippen molar-refractivity contribution in [2.24, 2.45) is 5.73 Å². The summed E-state index contributed by atoms with van der Waals surface area (Å²) in [6.07, 6.45) is 20.3. The Morgan fingerprint density at radius 3 is 1.50 bits per heavy atom. The lowest BCUT2D eigenvalue weighted by Gasteiger charge is -2.02. The highest BCUT2D eigenvalue weighted by atomic mass is 19.1. The van der Waals surface area contributed by atoms with Crippen LogP contribution in [0, 0.1) is 0 Å². The van der Waals surface area contributed by atoms with Gasteiger partial charge in [-0.25, -0.2) is 4.39 Å². The number of rotatable bonds is 16. The number of halogens is 1. The summed E-state index contributed by atoms with van der Waals surface area (Å²) in [5.41, 5.74) is 4.81. The maximum absolute atomic E-state index is 12.8. The van der Waals surface area contributed by atoms with Crippen LogP contribution in [0.2, 0.25) is 0 Å². The molecule has 0 atom stereocenters. The van der Waals surface area contributed by atoms with E-state index in [0.717, 1.165) is 12.8 Å². The molecular formula is C19H36FNO. The Kier molecular flexibility index (Phi) is 15.9. The van der Waals surface area contributed by atoms with E-state index in [2.05, 4.69) is 6.92 Å². The van der Waals surface area contributed by atoms with Gasteiger partial charge in [-0.15, -0.1) is 0 Å². The van der Waals surface area contributed by atoms with E-state index in [1.54, 1.807) is 0 Å². The molecule has 0 unspecified atom stereocenters. The summed E-state index contributed by atoms with van der Waals surface area (Å²) in [5, 5.41) is 0. The van der Waals surface area contributed by atoms with Gasteiger partial charge in [0.2, 0.25) is 0 Å². The number of primary amides is 1. The first-order chi connectivity index (χ1) is 10.7. The first-order valence-corrected chi connectivity index (χ1v) is 9.34. The van der Waals surface area contributed by atoms with Crippen molar-refractivity contribution < 1.29 is 9.18 Å². The molecule has 0 aromatic heterocycles. The van der Waals surface area contributed by atoms with E-state index in [-0.39, 0.29) is 0 Å². The number of carbonyl (C=O) groups is 1. The summed E-state index contributed by atoms with van der Waals surface area (Å²) < 4.78 is 12.8. The second-order valence-corrected chi connectivity index (χ2v) is 6.30. The van der Waals surface area contributed by atoms with Gasteiger partial charge in [0.25, 0.3) is 5.91 Å². The van der Waals surface area contributed by atoms with Gasteiger partial charge in [0.1, 0.15) is 0 Å². The molecule has 1 amide bonds. The number of hydrogen-bond acceptors (Lipinski definition) is 1. The molecule has 2 N–H and O–H groups in total. The fourth-order valence-electron chi connectivity index (χ4n) is 2.67. The molecule has 3 heteroatoms. The average Bonchev–Trinajstić information content (AvgIpc) is 2.50. The molecule has 22 heavy (non-hydrogen) atoms. The summed E-state index contributed by atoms with van der Waals surface area (Å²) in [6, 6.07) is 0. The van der Waals surface area contributed by atoms with Gasteiger partial charge in [0, 0.05) is 0 Å². The van der Waals surface area contributed by atoms with Crippen molar-refractivity contribution in [1.82, 2.24) is 0 Å². The van der Waals surface area contributed by atoms with Crippen LogP contribution in [0.25, 0.3) is 0 Å². The maximum atomic E-state index is 12.8. The van der Waals surface area contributed by atoms with Gasteiger partial charge >= 0.3 is 0 Å². The normalized spacial score (nSPS) is 11.8. The first kappa shape index (κ1) is 21.1. The summed E-state index contributed by atoms with van der Waals surface area (Å²) in [7, 11) is 0. The molecule has 0 saturated heterocycles. The Hall–Kier alpha value is -0.860. The Morgan fingerprint density at radius 1 is 0.773 bits per heavy atom. The van der Waals surface area contributed by atoms with E-state index >= 15 is 0 Å². The summed E-state index contributed by atoms with van der Waals surface area (Å²) in [5.74, 6) is -1.75. The molecule has 0 radical (unpaired) electrons. The van der Waals surface area contributed by atoms with Crippen LogP contribution in [0.5, 0.6) is 0 Å². The van der Waals surface area contributed by atoms with Crippen molar-refractivity contribution in [1.29, 1.82) is 0 Å². The molecule has 0 aliphatic rings. The van der Waals surface area contributed by atoms with E-state index < -0.39 is 11.7 Å². The van der Waals surface area contributed by atoms with E-state index in [1.165, 1.54) is 83.1 Å². The smallest absolute Gasteiger partial charge is 0.277 e. The molecule has 2 nitrogen and oxygen atoms in total. The summed E-state index contributed by atoms with van der Waals surface area (Å²) in [4.78, 5) is 10.5. The van der Waals surface area contributed by atoms with Crippen molar-refractivity contribution in [2.45, 2.75) is 103 Å². The largest absolute Gasteiger partial charge is 0.364 e. The van der Waals surface area contributed by atoms with Gasteiger partial charge in [-0.05, 0) is 18.9 Å². The van der Waals surface area contributed by atoms with E-state index in [9.17, 15) is 9.18 Å². The van der Waals surface area contributed by atoms with Crippen LogP contribution in [0.3, 0.4) is 0 Å². The predicted octanol–water partition coefficient (Wildman–Crippen LogP) is 6.20. The van der Waals surface area contributed by atoms with Gasteiger partial charge in [0.05, 0.1) is 0 Å². The van der Waals surface area contributed by atoms with Crippen LogP contribution in [0.4, 0.5) is 4.39 Å². The Morgan fingerprint density at radius 2 is 1.14 bits per heavy atom. The minimum Gasteiger partial charge on any atom is -0.364 e. The van der Waals surface area contributed by atoms with Crippen molar-refractivity contribution >= 4 is 5.91 Å². The number of amides is 1. The molecular weight excluding hydrogens is 277 g/mol. The van der Waals surface area contributed by atoms with Crippen LogP contribution in [-0.4, -0.2) is 5.91 Å². The third-order valence-electron chi connectivity index (χ3n) is 4.12. The van der Waals surface area contributed by atoms with Gasteiger partial charge < -0.3 is 5.73 Å². The number of unbranched alkanes of at least 4 members (excludes halogenated alkanes) is 14. The zero-order chi connectivity index (χ0) is 16.5. The average molecular weight is 314 g/mol. The zero-order valence-electron chi connectivity index (χ0n) is 14.5. The fraction of sp³-hybridized carbons (Fsp3) is 0.842. The van der Waals surface area contributed by atoms with E-state index in [1.807, 2.05) is 0 Å². The highest BCUT2D eigenvalue weighted by Gasteiger charge is 2.00. The van der Waals surface area contributed by atoms with Crippen LogP contribution in [0.15, 0.2) is 11.9 Å². The molecule has 0 heterocycles. The molecule has 0 aromatic rings. The Labute approximate surface area is 136 Å². The molecule has 0 saturated carbocycles. The van der Waals surface area contributed by atoms with Crippen LogP contribution in [0.1, 0.15) is 103 Å². The molecule has 0 aliphatic heterocycles. The monoisotopic (exact) mass is 313 g/mol. The SMILES string of the molecule is CCCCCCCCCCCCCCCC/C=C(/F)C(N)=O. The number of allylic oxidation sites excluding steroid dienone is 1. The van der Waals surface area contributed by atoms with Crippen LogP contribution >= 0.6 is 0 Å². The fourth-order valence-corrected chi connectivity index (χ4v) is 2.67. The molecule has 0 fully saturated rings. The number of nitrogens with two attached hydrogens (primary N) is 1. The van der Waals surface area contributed by atoms with E-state index in [4.69, 9.17) is 5.73 Å². The molecule has 0 rings (SSSR count). The molecule has 0 spiro atoms. The second-order valence-electron chi connectivity index (χ2n) is 6.30. The standard InChI is InChI=1S/C19H36FNO/c1-2-3-4-5-6-7-8-9-10-11-12-13-14-15-16-17-18(20)19(21)22/h17H,2-16H2,1H3,(H2,21,22)/b18-17+.